The third-order valence-corrected chi connectivity index (χ3v) is 15.3. The van der Waals surface area contributed by atoms with E-state index in [2.05, 4.69) is 85.3 Å². The SMILES string of the molecule is CC(C)(C)OC(=O)NCC=O.CN(C)CCNC(=O)c1ccc2c(c1)CC(c1ccc(C3=Nc4ccc(C(=O)NCCN(C)CCN)cc4C3)cc1)=N2.CNCCNC(=O)c1ccc2c(c1)CC(c1ccc(C3=Nc4ccc(C(=O)NCCN(C)C)cc4C3)cc1)=N2. The fraction of sp³-hybridized carbons (Fsp3) is 0.352. The van der Waals surface area contributed by atoms with Gasteiger partial charge in [-0.15, -0.1) is 0 Å². The van der Waals surface area contributed by atoms with E-state index in [1.807, 2.05) is 125 Å². The highest BCUT2D eigenvalue weighted by Gasteiger charge is 2.24. The van der Waals surface area contributed by atoms with E-state index in [0.717, 1.165) is 123 Å². The van der Waals surface area contributed by atoms with Crippen LogP contribution in [0.1, 0.15) is 107 Å². The number of aliphatic imine (C=N–C) groups is 4. The summed E-state index contributed by atoms with van der Waals surface area (Å²) in [5.41, 5.74) is 23.8. The Balaban J connectivity index is 0.000000204. The van der Waals surface area contributed by atoms with Gasteiger partial charge in [0, 0.05) is 113 Å². The molecule has 0 fully saturated rings. The van der Waals surface area contributed by atoms with Crippen LogP contribution in [0.2, 0.25) is 0 Å². The summed E-state index contributed by atoms with van der Waals surface area (Å²) in [6.07, 6.45) is 2.79. The molecule has 21 heteroatoms. The van der Waals surface area contributed by atoms with Crippen molar-refractivity contribution in [1.29, 1.82) is 0 Å². The number of likely N-dealkylation sites (N-methyl/N-ethyl adjacent to an activating group) is 4. The number of amides is 5. The first-order valence-electron chi connectivity index (χ1n) is 31.1. The van der Waals surface area contributed by atoms with Gasteiger partial charge in [-0.25, -0.2) is 4.79 Å². The molecule has 92 heavy (non-hydrogen) atoms. The topological polar surface area (TPSA) is 269 Å². The first-order valence-corrected chi connectivity index (χ1v) is 31.1. The lowest BCUT2D eigenvalue weighted by atomic mass is 9.98. The molecule has 21 nitrogen and oxygen atoms in total. The van der Waals surface area contributed by atoms with Crippen LogP contribution in [-0.2, 0) is 35.2 Å². The molecule has 0 atom stereocenters. The van der Waals surface area contributed by atoms with Crippen LogP contribution >= 0.6 is 0 Å². The molecule has 0 saturated carbocycles. The van der Waals surface area contributed by atoms with Gasteiger partial charge < -0.3 is 61.9 Å². The summed E-state index contributed by atoms with van der Waals surface area (Å²) in [5, 5.41) is 17.1. The minimum Gasteiger partial charge on any atom is -0.444 e. The third-order valence-electron chi connectivity index (χ3n) is 15.3. The standard InChI is InChI=1S/C33H39N7O2.C31H34N6O2.C7H13NO3/c1-39(2)16-13-35-32(41)24-8-10-28-26(18-24)20-30(37-28)22-4-6-23(7-5-22)31-21-27-19-25(9-11-29(27)38-31)33(42)36-14-17-40(3)15-12-34;1-32-12-13-33-30(38)22-8-10-26-24(16-22)18-28(35-26)20-4-6-21(7-5-20)29-19-25-17-23(9-11-27(25)36-29)31(39)34-14-15-37(2)3;1-7(2,3)11-6(10)8-4-5-9/h4-11,18-19H,12-17,20-21,34H2,1-3H3,(H,35,41)(H,36,42);4-11,16-17,32H,12-15,18-19H2,1-3H3,(H,33,38)(H,34,39);5H,4H2,1-3H3,(H,8,10). The van der Waals surface area contributed by atoms with Crippen LogP contribution < -0.4 is 37.6 Å². The first-order chi connectivity index (χ1) is 44.2. The molecule has 4 heterocycles. The van der Waals surface area contributed by atoms with Gasteiger partial charge in [0.1, 0.15) is 11.9 Å². The number of nitrogens with two attached hydrogens (primary N) is 1. The molecule has 4 aliphatic rings. The molecule has 0 unspecified atom stereocenters. The number of aldehydes is 1. The summed E-state index contributed by atoms with van der Waals surface area (Å²) in [4.78, 5) is 96.2. The number of nitrogens with zero attached hydrogens (tertiary/aromatic N) is 7. The van der Waals surface area contributed by atoms with Crippen LogP contribution in [-0.4, -0.2) is 193 Å². The van der Waals surface area contributed by atoms with E-state index < -0.39 is 11.7 Å². The Labute approximate surface area is 539 Å². The molecule has 0 aliphatic carbocycles. The van der Waals surface area contributed by atoms with E-state index >= 15 is 0 Å². The molecule has 5 amide bonds. The lowest BCUT2D eigenvalue weighted by Crippen LogP contribution is -2.35. The van der Waals surface area contributed by atoms with Gasteiger partial charge in [0.2, 0.25) is 0 Å². The van der Waals surface area contributed by atoms with Crippen molar-refractivity contribution in [3.8, 4) is 0 Å². The van der Waals surface area contributed by atoms with Gasteiger partial charge in [0.25, 0.3) is 23.6 Å². The van der Waals surface area contributed by atoms with Crippen molar-refractivity contribution < 1.29 is 33.5 Å². The second-order valence-corrected chi connectivity index (χ2v) is 24.3. The second kappa shape index (κ2) is 32.6. The zero-order valence-electron chi connectivity index (χ0n) is 54.3. The maximum atomic E-state index is 12.7. The highest BCUT2D eigenvalue weighted by molar-refractivity contribution is 6.12. The van der Waals surface area contributed by atoms with Gasteiger partial charge in [0.15, 0.2) is 0 Å². The maximum absolute atomic E-state index is 12.7. The fourth-order valence-corrected chi connectivity index (χ4v) is 10.4. The van der Waals surface area contributed by atoms with Crippen molar-refractivity contribution in [1.82, 2.24) is 46.6 Å². The van der Waals surface area contributed by atoms with Crippen LogP contribution in [0.25, 0.3) is 0 Å². The average molecular weight is 1250 g/mol. The number of rotatable bonds is 24. The molecule has 6 aromatic carbocycles. The maximum Gasteiger partial charge on any atom is 0.408 e. The lowest BCUT2D eigenvalue weighted by molar-refractivity contribution is -0.107. The van der Waals surface area contributed by atoms with Crippen LogP contribution in [0.3, 0.4) is 0 Å². The van der Waals surface area contributed by atoms with Gasteiger partial charge in [-0.05, 0) is 180 Å². The van der Waals surface area contributed by atoms with E-state index in [-0.39, 0.29) is 30.2 Å². The lowest BCUT2D eigenvalue weighted by Gasteiger charge is -2.18. The Morgan fingerprint density at radius 3 is 1.05 bits per heavy atom. The largest absolute Gasteiger partial charge is 0.444 e. The number of carbonyl (C=O) groups is 6. The van der Waals surface area contributed by atoms with Crippen molar-refractivity contribution in [2.75, 3.05) is 114 Å². The molecule has 10 rings (SSSR count). The van der Waals surface area contributed by atoms with Gasteiger partial charge in [-0.3, -0.25) is 39.1 Å². The minimum absolute atomic E-state index is 0.00505. The average Bonchev–Trinajstić information content (AvgIpc) is 1.70. The smallest absolute Gasteiger partial charge is 0.408 e. The van der Waals surface area contributed by atoms with Gasteiger partial charge in [-0.1, -0.05) is 48.5 Å². The van der Waals surface area contributed by atoms with E-state index in [1.165, 1.54) is 0 Å². The van der Waals surface area contributed by atoms with E-state index in [0.29, 0.717) is 86.9 Å². The molecule has 482 valence electrons. The van der Waals surface area contributed by atoms with Gasteiger partial charge >= 0.3 is 6.09 Å². The number of carbonyl (C=O) groups excluding carboxylic acids is 6. The Bertz CT molecular complexity index is 3770. The molecule has 0 aromatic heterocycles. The highest BCUT2D eigenvalue weighted by atomic mass is 16.6. The Morgan fingerprint density at radius 1 is 0.457 bits per heavy atom. The number of benzene rings is 6. The number of fused-ring (bicyclic) bond motifs is 4. The molecule has 0 bridgehead atoms. The van der Waals surface area contributed by atoms with Crippen molar-refractivity contribution in [3.05, 3.63) is 188 Å². The van der Waals surface area contributed by atoms with Crippen LogP contribution in [0.4, 0.5) is 27.5 Å². The first kappa shape index (κ1) is 68.5. The normalized spacial score (nSPS) is 13.2. The fourth-order valence-electron chi connectivity index (χ4n) is 10.4. The number of alkyl carbamates (subject to hydrolysis) is 1. The summed E-state index contributed by atoms with van der Waals surface area (Å²) in [6, 6.07) is 39.5. The predicted octanol–water partition coefficient (Wildman–Crippen LogP) is 6.94. The minimum atomic E-state index is -0.565. The number of hydrogen-bond donors (Lipinski definition) is 7. The number of hydrogen-bond acceptors (Lipinski definition) is 16. The van der Waals surface area contributed by atoms with Crippen molar-refractivity contribution in [3.63, 3.8) is 0 Å². The second-order valence-electron chi connectivity index (χ2n) is 24.3. The highest BCUT2D eigenvalue weighted by Crippen LogP contribution is 2.34. The molecular formula is C71H86N14O7. The van der Waals surface area contributed by atoms with Crippen molar-refractivity contribution in [2.24, 2.45) is 25.7 Å². The molecule has 6 aromatic rings. The molecule has 0 saturated heterocycles. The molecule has 0 spiro atoms. The van der Waals surface area contributed by atoms with Gasteiger partial charge in [-0.2, -0.15) is 0 Å². The number of ether oxygens (including phenoxy) is 1. The van der Waals surface area contributed by atoms with Crippen molar-refractivity contribution in [2.45, 2.75) is 52.1 Å². The predicted molar refractivity (Wildman–Crippen MR) is 365 cm³/mol. The van der Waals surface area contributed by atoms with E-state index in [1.54, 1.807) is 20.8 Å². The summed E-state index contributed by atoms with van der Waals surface area (Å²) in [6.45, 7) is 12.1. The molecular weight excluding hydrogens is 1160 g/mol. The molecule has 8 N–H and O–H groups in total. The van der Waals surface area contributed by atoms with Crippen molar-refractivity contribution >= 4 is 81.6 Å². The van der Waals surface area contributed by atoms with Crippen LogP contribution in [0.5, 0.6) is 0 Å². The Kier molecular flexibility index (Phi) is 24.3. The third kappa shape index (κ3) is 19.6. The zero-order chi connectivity index (χ0) is 65.9. The number of nitrogens with one attached hydrogen (secondary N) is 6. The summed E-state index contributed by atoms with van der Waals surface area (Å²) in [5.74, 6) is -0.263. The van der Waals surface area contributed by atoms with Crippen LogP contribution in [0, 0.1) is 0 Å². The molecule has 4 aliphatic heterocycles. The zero-order valence-corrected chi connectivity index (χ0v) is 54.3. The van der Waals surface area contributed by atoms with Crippen LogP contribution in [0.15, 0.2) is 141 Å². The quantitative estimate of drug-likeness (QED) is 0.0240. The monoisotopic (exact) mass is 1250 g/mol. The van der Waals surface area contributed by atoms with E-state index in [9.17, 15) is 28.8 Å². The van der Waals surface area contributed by atoms with Gasteiger partial charge in [0.05, 0.1) is 52.1 Å². The Morgan fingerprint density at radius 2 is 0.772 bits per heavy atom. The summed E-state index contributed by atoms with van der Waals surface area (Å²) < 4.78 is 4.83. The summed E-state index contributed by atoms with van der Waals surface area (Å²) >= 11 is 0. The Hall–Kier alpha value is -9.38. The summed E-state index contributed by atoms with van der Waals surface area (Å²) in [7, 11) is 11.8. The van der Waals surface area contributed by atoms with E-state index in [4.69, 9.17) is 30.4 Å². The molecule has 0 radical (unpaired) electrons.